The maximum atomic E-state index is 13.1. The summed E-state index contributed by atoms with van der Waals surface area (Å²) in [5.41, 5.74) is 12.6. The molecule has 1 unspecified atom stereocenters. The van der Waals surface area contributed by atoms with Crippen molar-refractivity contribution >= 4 is 49.5 Å². The van der Waals surface area contributed by atoms with E-state index in [1.807, 2.05) is 0 Å². The van der Waals surface area contributed by atoms with Gasteiger partial charge in [-0.3, -0.25) is 0 Å². The van der Waals surface area contributed by atoms with Crippen molar-refractivity contribution in [3.63, 3.8) is 0 Å². The molecule has 2 bridgehead atoms. The normalized spacial score (nSPS) is 39.0. The molecule has 0 amide bonds. The third-order valence-corrected chi connectivity index (χ3v) is 10.4. The number of rotatable bonds is 2. The number of phosphoric ester groups is 1. The molecule has 4 saturated heterocycles. The number of hydrogen-bond donors (Lipinski definition) is 6. The molecule has 9 atom stereocenters. The van der Waals surface area contributed by atoms with Crippen LogP contribution in [0.5, 0.6) is 0 Å². The summed E-state index contributed by atoms with van der Waals surface area (Å²) >= 11 is 0. The molecule has 0 radical (unpaired) electrons. The van der Waals surface area contributed by atoms with Crippen molar-refractivity contribution < 1.29 is 56.4 Å². The van der Waals surface area contributed by atoms with Crippen molar-refractivity contribution in [2.75, 3.05) is 24.7 Å². The van der Waals surface area contributed by atoms with Gasteiger partial charge in [-0.2, -0.15) is 0 Å². The van der Waals surface area contributed by atoms with Crippen molar-refractivity contribution in [2.45, 2.75) is 49.1 Å². The molecule has 0 aliphatic carbocycles. The van der Waals surface area contributed by atoms with E-state index in [0.717, 1.165) is 0 Å². The molecule has 22 nitrogen and oxygen atoms in total. The van der Waals surface area contributed by atoms with Gasteiger partial charge in [0.1, 0.15) is 0 Å². The Bertz CT molecular complexity index is 1840. The van der Waals surface area contributed by atoms with Crippen molar-refractivity contribution in [3.05, 3.63) is 25.3 Å². The van der Waals surface area contributed by atoms with Crippen LogP contribution in [-0.4, -0.2) is 109 Å². The van der Waals surface area contributed by atoms with Gasteiger partial charge in [0, 0.05) is 0 Å². The first-order valence-electron chi connectivity index (χ1n) is 12.9. The minimum absolute atomic E-state index is 0.0653. The predicted molar refractivity (Wildman–Crippen MR) is 141 cm³/mol. The number of aliphatic hydroxyl groups is 1. The molecular formula is C20H24N10O12P2. The molecule has 4 aliphatic heterocycles. The van der Waals surface area contributed by atoms with Gasteiger partial charge < -0.3 is 0 Å². The van der Waals surface area contributed by atoms with Crippen LogP contribution >= 0.6 is 15.6 Å². The number of aromatic nitrogens is 8. The van der Waals surface area contributed by atoms with Gasteiger partial charge in [-0.15, -0.1) is 0 Å². The summed E-state index contributed by atoms with van der Waals surface area (Å²) in [5.74, 6) is 0.154. The first kappa shape index (κ1) is 28.4. The Hall–Kier alpha value is -3.08. The maximum absolute atomic E-state index is 13.1. The molecule has 8 heterocycles. The summed E-state index contributed by atoms with van der Waals surface area (Å²) in [6, 6.07) is 0. The van der Waals surface area contributed by atoms with Crippen molar-refractivity contribution in [1.82, 2.24) is 39.0 Å². The Morgan fingerprint density at radius 3 is 2.05 bits per heavy atom. The first-order chi connectivity index (χ1) is 20.9. The molecule has 0 aromatic carbocycles. The average molecular weight is 658 g/mol. The van der Waals surface area contributed by atoms with E-state index in [2.05, 4.69) is 29.9 Å². The SMILES string of the molecule is Nc1ncnc2c1ncn2[C@@H]1O[C@@H]2COP(=O)(O)O[C@@H]3[C@H](O)[C@@H](n4cnc5c(N)ncnc54)O[C@H]3COP3(O)(O)O[C@@H]1[C@@H]2O3. The average Bonchev–Trinajstić information content (AvgIpc) is 3.76. The third kappa shape index (κ3) is 4.39. The summed E-state index contributed by atoms with van der Waals surface area (Å²) in [4.78, 5) is 57.7. The first-order valence-corrected chi connectivity index (χ1v) is 16.3. The van der Waals surface area contributed by atoms with Crippen LogP contribution < -0.4 is 11.5 Å². The van der Waals surface area contributed by atoms with Gasteiger partial charge in [-0.05, 0) is 0 Å². The van der Waals surface area contributed by atoms with Crippen LogP contribution in [0.1, 0.15) is 12.5 Å². The molecule has 4 aromatic heterocycles. The summed E-state index contributed by atoms with van der Waals surface area (Å²) in [7, 11) is -10.8. The van der Waals surface area contributed by atoms with Crippen LogP contribution in [0.15, 0.2) is 25.3 Å². The Kier molecular flexibility index (Phi) is 6.11. The Balaban J connectivity index is 1.13. The van der Waals surface area contributed by atoms with Gasteiger partial charge in [0.25, 0.3) is 0 Å². The molecule has 24 heteroatoms. The Morgan fingerprint density at radius 2 is 1.39 bits per heavy atom. The van der Waals surface area contributed by atoms with E-state index in [4.69, 9.17) is 43.6 Å². The molecule has 236 valence electrons. The molecule has 4 aromatic rings. The fourth-order valence-electron chi connectivity index (χ4n) is 5.69. The zero-order valence-corrected chi connectivity index (χ0v) is 23.8. The number of hydrogen-bond acceptors (Lipinski definition) is 19. The molecule has 44 heavy (non-hydrogen) atoms. The molecular weight excluding hydrogens is 634 g/mol. The van der Waals surface area contributed by atoms with Gasteiger partial charge in [-0.25, -0.2) is 0 Å². The molecule has 4 fully saturated rings. The standard InChI is InChI=1S/C20H24N10O12P2/c21-15-9-17(25-3-23-15)29(5-27-9)19-11(31)12-8(38-19)2-37-44(34,35)41-13-7(1-36-43(32,33)40-12)39-20(14(13)42-44)30-6-28-10-16(22)24-4-26-18(10)30/h3-8,11-14,19-20,31,34-35H,1-2H2,(H,32,33)(H2,21,23,25)(H2,22,24,26)/t7-,8+,11+,12+,13-,14-,19+,20-/m1/s1. The van der Waals surface area contributed by atoms with E-state index in [-0.39, 0.29) is 34.0 Å². The number of anilines is 2. The molecule has 4 aliphatic rings. The van der Waals surface area contributed by atoms with Crippen molar-refractivity contribution in [1.29, 1.82) is 0 Å². The van der Waals surface area contributed by atoms with Gasteiger partial charge in [0.05, 0.1) is 0 Å². The van der Waals surface area contributed by atoms with Crippen molar-refractivity contribution in [2.24, 2.45) is 0 Å². The predicted octanol–water partition coefficient (Wildman–Crippen LogP) is -1.58. The third-order valence-electron chi connectivity index (χ3n) is 7.64. The Morgan fingerprint density at radius 1 is 0.818 bits per heavy atom. The van der Waals surface area contributed by atoms with Crippen LogP contribution in [0.3, 0.4) is 0 Å². The summed E-state index contributed by atoms with van der Waals surface area (Å²) < 4.78 is 55.1. The summed E-state index contributed by atoms with van der Waals surface area (Å²) in [5, 5.41) is 11.2. The van der Waals surface area contributed by atoms with Crippen LogP contribution in [0.4, 0.5) is 11.6 Å². The summed E-state index contributed by atoms with van der Waals surface area (Å²) in [6.07, 6.45) is -5.89. The Labute approximate surface area is 244 Å². The molecule has 8 rings (SSSR count). The minimum atomic E-state index is -5.89. The number of aliphatic hydroxyl groups excluding tert-OH is 1. The van der Waals surface area contributed by atoms with E-state index >= 15 is 0 Å². The van der Waals surface area contributed by atoms with Crippen LogP contribution in [0.2, 0.25) is 0 Å². The van der Waals surface area contributed by atoms with E-state index in [9.17, 15) is 24.4 Å². The van der Waals surface area contributed by atoms with Crippen LogP contribution in [0, 0.1) is 0 Å². The zero-order valence-electron chi connectivity index (χ0n) is 22.0. The second-order valence-corrected chi connectivity index (χ2v) is 14.1. The number of nitrogen functional groups attached to an aromatic ring is 2. The quantitative estimate of drug-likeness (QED) is 0.132. The van der Waals surface area contributed by atoms with E-state index in [1.165, 1.54) is 34.4 Å². The van der Waals surface area contributed by atoms with E-state index < -0.39 is 77.9 Å². The monoisotopic (exact) mass is 658 g/mol. The number of fused-ring (bicyclic) bond motifs is 4. The number of nitrogens with zero attached hydrogens (tertiary/aromatic N) is 8. The number of imidazole rings is 2. The van der Waals surface area contributed by atoms with E-state index in [0.29, 0.717) is 0 Å². The van der Waals surface area contributed by atoms with Gasteiger partial charge in [-0.1, -0.05) is 0 Å². The fraction of sp³-hybridized carbons (Fsp3) is 0.500. The number of ether oxygens (including phenoxy) is 2. The van der Waals surface area contributed by atoms with Crippen LogP contribution in [0.25, 0.3) is 22.3 Å². The van der Waals surface area contributed by atoms with E-state index in [1.54, 1.807) is 0 Å². The second kappa shape index (κ2) is 9.47. The second-order valence-electron chi connectivity index (χ2n) is 10.4. The number of phosphoric acid groups is 1. The summed E-state index contributed by atoms with van der Waals surface area (Å²) in [6.45, 7) is -1.40. The topological polar surface area (TPSA) is 302 Å². The fourth-order valence-corrected chi connectivity index (χ4v) is 8.54. The zero-order chi connectivity index (χ0) is 30.6. The van der Waals surface area contributed by atoms with Gasteiger partial charge >= 0.3 is 244 Å². The molecule has 0 saturated carbocycles. The number of nitrogens with two attached hydrogens (primary N) is 2. The van der Waals surface area contributed by atoms with Gasteiger partial charge in [0.2, 0.25) is 0 Å². The molecule has 0 spiro atoms. The molecule has 8 N–H and O–H groups in total. The van der Waals surface area contributed by atoms with Crippen molar-refractivity contribution in [3.8, 4) is 0 Å². The van der Waals surface area contributed by atoms with Crippen LogP contribution in [-0.2, 0) is 36.7 Å². The van der Waals surface area contributed by atoms with Gasteiger partial charge in [0.15, 0.2) is 0 Å².